The van der Waals surface area contributed by atoms with E-state index in [4.69, 9.17) is 14.7 Å². The largest absolute Gasteiger partial charge is 0.489 e. The molecule has 0 saturated heterocycles. The summed E-state index contributed by atoms with van der Waals surface area (Å²) in [6.07, 6.45) is 0.721. The Hall–Kier alpha value is -1.28. The summed E-state index contributed by atoms with van der Waals surface area (Å²) in [6.45, 7) is 0.943. The van der Waals surface area contributed by atoms with Gasteiger partial charge in [0.05, 0.1) is 17.7 Å². The van der Waals surface area contributed by atoms with E-state index in [2.05, 4.69) is 15.9 Å². The Morgan fingerprint density at radius 2 is 2.13 bits per heavy atom. The molecule has 1 aliphatic heterocycles. The number of benzene rings is 1. The summed E-state index contributed by atoms with van der Waals surface area (Å²) in [4.78, 5) is 0. The van der Waals surface area contributed by atoms with Gasteiger partial charge in [-0.25, -0.2) is 4.39 Å². The Balaban J connectivity index is 2.62. The number of hydrogen-bond donors (Lipinski definition) is 0. The van der Waals surface area contributed by atoms with Crippen molar-refractivity contribution in [3.8, 4) is 17.6 Å². The molecule has 0 aromatic heterocycles. The zero-order valence-electron chi connectivity index (χ0n) is 7.72. The number of fused-ring (bicyclic) bond motifs is 1. The number of ether oxygens (including phenoxy) is 2. The molecular formula is C10H7BrFNO2. The van der Waals surface area contributed by atoms with Crippen LogP contribution in [0.1, 0.15) is 12.0 Å². The second-order valence-corrected chi connectivity index (χ2v) is 3.89. The fraction of sp³-hybridized carbons (Fsp3) is 0.300. The van der Waals surface area contributed by atoms with Gasteiger partial charge in [-0.05, 0) is 15.9 Å². The Labute approximate surface area is 94.5 Å². The average Bonchev–Trinajstić information content (AvgIpc) is 2.45. The van der Waals surface area contributed by atoms with Crippen LogP contribution in [0, 0.1) is 17.1 Å². The third kappa shape index (κ3) is 1.77. The minimum absolute atomic E-state index is 0.110. The molecule has 0 bridgehead atoms. The highest BCUT2D eigenvalue weighted by molar-refractivity contribution is 9.10. The summed E-state index contributed by atoms with van der Waals surface area (Å²) >= 11 is 3.03. The normalized spacial score (nSPS) is 14.2. The van der Waals surface area contributed by atoms with Gasteiger partial charge in [0.15, 0.2) is 17.3 Å². The zero-order chi connectivity index (χ0) is 10.8. The van der Waals surface area contributed by atoms with Crippen molar-refractivity contribution >= 4 is 15.9 Å². The molecule has 0 amide bonds. The Bertz CT molecular complexity index is 442. The molecular weight excluding hydrogens is 265 g/mol. The molecule has 1 heterocycles. The molecule has 15 heavy (non-hydrogen) atoms. The lowest BCUT2D eigenvalue weighted by atomic mass is 10.2. The summed E-state index contributed by atoms with van der Waals surface area (Å²) < 4.78 is 24.4. The van der Waals surface area contributed by atoms with E-state index >= 15 is 0 Å². The smallest absolute Gasteiger partial charge is 0.182 e. The van der Waals surface area contributed by atoms with E-state index < -0.39 is 5.82 Å². The predicted molar refractivity (Wildman–Crippen MR) is 54.4 cm³/mol. The molecule has 0 spiro atoms. The van der Waals surface area contributed by atoms with Gasteiger partial charge < -0.3 is 9.47 Å². The lowest BCUT2D eigenvalue weighted by molar-refractivity contribution is 0.296. The van der Waals surface area contributed by atoms with E-state index in [-0.39, 0.29) is 15.8 Å². The van der Waals surface area contributed by atoms with Crippen LogP contribution in [0.4, 0.5) is 4.39 Å². The minimum atomic E-state index is -0.609. The molecule has 0 unspecified atom stereocenters. The molecule has 0 fully saturated rings. The maximum Gasteiger partial charge on any atom is 0.182 e. The maximum atomic E-state index is 13.5. The predicted octanol–water partition coefficient (Wildman–Crippen LogP) is 2.62. The molecule has 0 aliphatic carbocycles. The molecule has 0 radical (unpaired) electrons. The van der Waals surface area contributed by atoms with Gasteiger partial charge in [0.1, 0.15) is 11.6 Å². The van der Waals surface area contributed by atoms with E-state index in [1.165, 1.54) is 6.07 Å². The summed E-state index contributed by atoms with van der Waals surface area (Å²) in [7, 11) is 0. The first-order chi connectivity index (χ1) is 7.24. The van der Waals surface area contributed by atoms with Crippen molar-refractivity contribution in [3.63, 3.8) is 0 Å². The first kappa shape index (κ1) is 10.2. The highest BCUT2D eigenvalue weighted by Crippen LogP contribution is 2.38. The first-order valence-electron chi connectivity index (χ1n) is 4.41. The lowest BCUT2D eigenvalue weighted by Crippen LogP contribution is -1.98. The quantitative estimate of drug-likeness (QED) is 0.729. The van der Waals surface area contributed by atoms with Gasteiger partial charge in [-0.3, -0.25) is 0 Å². The van der Waals surface area contributed by atoms with Gasteiger partial charge in [0, 0.05) is 12.5 Å². The van der Waals surface area contributed by atoms with Gasteiger partial charge in [-0.15, -0.1) is 0 Å². The van der Waals surface area contributed by atoms with Gasteiger partial charge in [-0.2, -0.15) is 5.26 Å². The van der Waals surface area contributed by atoms with Crippen molar-refractivity contribution in [2.45, 2.75) is 6.42 Å². The second kappa shape index (κ2) is 4.07. The van der Waals surface area contributed by atoms with Gasteiger partial charge in [-0.1, -0.05) is 0 Å². The fourth-order valence-corrected chi connectivity index (χ4v) is 1.76. The SMILES string of the molecule is N#Cc1c(F)c(Br)cc2c1OCCCO2. The molecule has 0 saturated carbocycles. The van der Waals surface area contributed by atoms with Crippen LogP contribution < -0.4 is 9.47 Å². The van der Waals surface area contributed by atoms with Crippen LogP contribution in [0.15, 0.2) is 10.5 Å². The van der Waals surface area contributed by atoms with E-state index in [1.807, 2.05) is 0 Å². The van der Waals surface area contributed by atoms with E-state index in [0.717, 1.165) is 6.42 Å². The van der Waals surface area contributed by atoms with Crippen LogP contribution >= 0.6 is 15.9 Å². The molecule has 1 aromatic carbocycles. The summed E-state index contributed by atoms with van der Waals surface area (Å²) in [6, 6.07) is 3.26. The van der Waals surface area contributed by atoms with Crippen molar-refractivity contribution in [3.05, 3.63) is 21.9 Å². The fourth-order valence-electron chi connectivity index (χ4n) is 1.35. The van der Waals surface area contributed by atoms with Crippen LogP contribution in [0.3, 0.4) is 0 Å². The molecule has 3 nitrogen and oxygen atoms in total. The van der Waals surface area contributed by atoms with E-state index in [0.29, 0.717) is 19.0 Å². The van der Waals surface area contributed by atoms with Crippen LogP contribution in [0.2, 0.25) is 0 Å². The van der Waals surface area contributed by atoms with Gasteiger partial charge in [0.2, 0.25) is 0 Å². The average molecular weight is 272 g/mol. The molecule has 5 heteroatoms. The van der Waals surface area contributed by atoms with Crippen LogP contribution in [-0.4, -0.2) is 13.2 Å². The number of rotatable bonds is 0. The van der Waals surface area contributed by atoms with Crippen LogP contribution in [0.25, 0.3) is 0 Å². The third-order valence-electron chi connectivity index (χ3n) is 2.04. The molecule has 1 aromatic rings. The van der Waals surface area contributed by atoms with E-state index in [1.54, 1.807) is 6.07 Å². The standard InChI is InChI=1S/C10H7BrFNO2/c11-7-4-8-10(6(5-13)9(7)12)15-3-1-2-14-8/h4H,1-3H2. The zero-order valence-corrected chi connectivity index (χ0v) is 9.30. The molecule has 0 N–H and O–H groups in total. The lowest BCUT2D eigenvalue weighted by Gasteiger charge is -2.10. The van der Waals surface area contributed by atoms with Crippen molar-refractivity contribution in [1.29, 1.82) is 5.26 Å². The van der Waals surface area contributed by atoms with Crippen molar-refractivity contribution in [2.75, 3.05) is 13.2 Å². The van der Waals surface area contributed by atoms with Crippen molar-refractivity contribution in [2.24, 2.45) is 0 Å². The molecule has 2 rings (SSSR count). The van der Waals surface area contributed by atoms with E-state index in [9.17, 15) is 4.39 Å². The maximum absolute atomic E-state index is 13.5. The summed E-state index contributed by atoms with van der Waals surface area (Å²) in [5.41, 5.74) is -0.110. The number of hydrogen-bond acceptors (Lipinski definition) is 3. The molecule has 78 valence electrons. The Morgan fingerprint density at radius 3 is 2.87 bits per heavy atom. The first-order valence-corrected chi connectivity index (χ1v) is 5.21. The van der Waals surface area contributed by atoms with Crippen LogP contribution in [-0.2, 0) is 0 Å². The highest BCUT2D eigenvalue weighted by atomic mass is 79.9. The second-order valence-electron chi connectivity index (χ2n) is 3.04. The molecule has 0 atom stereocenters. The van der Waals surface area contributed by atoms with Gasteiger partial charge in [0.25, 0.3) is 0 Å². The Morgan fingerprint density at radius 1 is 1.40 bits per heavy atom. The highest BCUT2D eigenvalue weighted by Gasteiger charge is 2.21. The Kier molecular flexibility index (Phi) is 2.78. The third-order valence-corrected chi connectivity index (χ3v) is 2.62. The minimum Gasteiger partial charge on any atom is -0.489 e. The number of nitrogens with zero attached hydrogens (tertiary/aromatic N) is 1. The van der Waals surface area contributed by atoms with Crippen molar-refractivity contribution < 1.29 is 13.9 Å². The number of nitriles is 1. The summed E-state index contributed by atoms with van der Waals surface area (Å²) in [5, 5.41) is 8.84. The summed E-state index contributed by atoms with van der Waals surface area (Å²) in [5.74, 6) is 0.00905. The van der Waals surface area contributed by atoms with Crippen molar-refractivity contribution in [1.82, 2.24) is 0 Å². The van der Waals surface area contributed by atoms with Gasteiger partial charge >= 0.3 is 0 Å². The topological polar surface area (TPSA) is 42.2 Å². The number of halogens is 2. The van der Waals surface area contributed by atoms with Crippen LogP contribution in [0.5, 0.6) is 11.5 Å². The monoisotopic (exact) mass is 271 g/mol. The molecule has 1 aliphatic rings.